The zero-order chi connectivity index (χ0) is 36.0. The number of nitrogens with zero attached hydrogens (tertiary/aromatic N) is 3. The van der Waals surface area contributed by atoms with E-state index in [2.05, 4.69) is 194 Å². The molecule has 0 amide bonds. The third kappa shape index (κ3) is 4.60. The summed E-state index contributed by atoms with van der Waals surface area (Å²) in [5.74, 6) is 0.684. The number of hydrogen-bond acceptors (Lipinski definition) is 2. The Morgan fingerprint density at radius 3 is 1.80 bits per heavy atom. The summed E-state index contributed by atoms with van der Waals surface area (Å²) < 4.78 is 2.34. The Morgan fingerprint density at radius 1 is 0.444 bits per heavy atom. The second-order valence-corrected chi connectivity index (χ2v) is 20.3. The van der Waals surface area contributed by atoms with Crippen LogP contribution in [0.4, 0.5) is 0 Å². The van der Waals surface area contributed by atoms with E-state index >= 15 is 0 Å². The SMILES string of the molecule is C[SiH-]1(C)c2ccccc2-c2ccc3c(c21)c1cc2ccccc2cc1n3-c1nc(-c2cc(-c3ccccc3)cc(-c3ccccc3)c2)c2ccccc2n1. The Hall–Kier alpha value is -6.62. The molecule has 0 atom stereocenters. The standard InChI is InChI=1S/C50H36N3Si/c1-54(2)46-24-14-12-21-39(46)40-25-26-44-47(49(40)54)42-30-34-19-9-10-20-35(34)31-45(42)53(44)50-51-43-23-13-11-22-41(43)48(52-50)38-28-36(32-15-5-3-6-16-32)27-37(29-38)33-17-7-4-8-18-33/h3-31,54H,1-2H3/q-1. The fourth-order valence-electron chi connectivity index (χ4n) is 9.29. The molecule has 3 nitrogen and oxygen atoms in total. The summed E-state index contributed by atoms with van der Waals surface area (Å²) in [6, 6.07) is 63.8. The summed E-state index contributed by atoms with van der Waals surface area (Å²) in [7, 11) is -2.43. The van der Waals surface area contributed by atoms with E-state index in [1.807, 2.05) is 0 Å². The van der Waals surface area contributed by atoms with Crippen LogP contribution in [0.15, 0.2) is 176 Å². The minimum absolute atomic E-state index is 0.684. The van der Waals surface area contributed by atoms with Crippen LogP contribution in [0.1, 0.15) is 0 Å². The van der Waals surface area contributed by atoms with Gasteiger partial charge in [0.15, 0.2) is 0 Å². The first kappa shape index (κ1) is 31.0. The van der Waals surface area contributed by atoms with Gasteiger partial charge in [-0.25, -0.2) is 0 Å². The summed E-state index contributed by atoms with van der Waals surface area (Å²) >= 11 is 0. The van der Waals surface area contributed by atoms with E-state index in [1.54, 1.807) is 0 Å². The first-order valence-corrected chi connectivity index (χ1v) is 22.4. The van der Waals surface area contributed by atoms with E-state index in [-0.39, 0.29) is 0 Å². The van der Waals surface area contributed by atoms with Crippen molar-refractivity contribution in [2.45, 2.75) is 13.1 Å². The number of benzene rings is 8. The molecule has 0 spiro atoms. The fraction of sp³-hybridized carbons (Fsp3) is 0.0400. The van der Waals surface area contributed by atoms with Crippen molar-refractivity contribution in [2.24, 2.45) is 0 Å². The maximum atomic E-state index is 5.60. The van der Waals surface area contributed by atoms with Gasteiger partial charge in [0.2, 0.25) is 0 Å². The van der Waals surface area contributed by atoms with Crippen molar-refractivity contribution in [1.29, 1.82) is 0 Å². The average molecular weight is 707 g/mol. The normalized spacial score (nSPS) is 13.7. The number of hydrogen-bond donors (Lipinski definition) is 0. The van der Waals surface area contributed by atoms with Crippen LogP contribution in [-0.2, 0) is 0 Å². The quantitative estimate of drug-likeness (QED) is 0.171. The van der Waals surface area contributed by atoms with Gasteiger partial charge >= 0.3 is 280 Å². The molecule has 0 bridgehead atoms. The van der Waals surface area contributed by atoms with E-state index in [0.29, 0.717) is 5.95 Å². The number of rotatable bonds is 4. The van der Waals surface area contributed by atoms with E-state index in [9.17, 15) is 0 Å². The molecule has 54 heavy (non-hydrogen) atoms. The molecule has 0 unspecified atom stereocenters. The zero-order valence-electron chi connectivity index (χ0n) is 30.2. The van der Waals surface area contributed by atoms with Gasteiger partial charge in [-0.05, 0) is 0 Å². The molecule has 0 N–H and O–H groups in total. The Morgan fingerprint density at radius 2 is 1.06 bits per heavy atom. The average Bonchev–Trinajstić information content (AvgIpc) is 3.67. The van der Waals surface area contributed by atoms with Crippen LogP contribution < -0.4 is 10.4 Å². The molecule has 1 aliphatic rings. The van der Waals surface area contributed by atoms with Crippen molar-refractivity contribution < 1.29 is 0 Å². The van der Waals surface area contributed by atoms with Gasteiger partial charge in [-0.3, -0.25) is 0 Å². The third-order valence-corrected chi connectivity index (χ3v) is 15.9. The van der Waals surface area contributed by atoms with Crippen molar-refractivity contribution >= 4 is 61.9 Å². The van der Waals surface area contributed by atoms with Gasteiger partial charge in [0, 0.05) is 0 Å². The van der Waals surface area contributed by atoms with Crippen LogP contribution in [-0.4, -0.2) is 22.6 Å². The number of fused-ring (bicyclic) bond motifs is 9. The Bertz CT molecular complexity index is 3070. The van der Waals surface area contributed by atoms with Crippen molar-refractivity contribution in [3.05, 3.63) is 176 Å². The predicted octanol–water partition coefficient (Wildman–Crippen LogP) is 11.4. The van der Waals surface area contributed by atoms with Crippen molar-refractivity contribution in [3.8, 4) is 50.6 Å². The van der Waals surface area contributed by atoms with E-state index in [1.165, 1.54) is 54.2 Å². The topological polar surface area (TPSA) is 30.7 Å². The van der Waals surface area contributed by atoms with Gasteiger partial charge in [-0.2, -0.15) is 0 Å². The Kier molecular flexibility index (Phi) is 6.70. The zero-order valence-corrected chi connectivity index (χ0v) is 31.3. The second kappa shape index (κ2) is 11.7. The molecule has 256 valence electrons. The molecule has 3 heterocycles. The summed E-state index contributed by atoms with van der Waals surface area (Å²) in [5.41, 5.74) is 12.6. The number of aromatic nitrogens is 3. The molecule has 0 aliphatic carbocycles. The minimum atomic E-state index is -2.43. The Labute approximate surface area is 314 Å². The summed E-state index contributed by atoms with van der Waals surface area (Å²) in [4.78, 5) is 11.0. The van der Waals surface area contributed by atoms with E-state index < -0.39 is 8.07 Å². The molecule has 0 saturated carbocycles. The monoisotopic (exact) mass is 706 g/mol. The van der Waals surface area contributed by atoms with E-state index in [4.69, 9.17) is 9.97 Å². The van der Waals surface area contributed by atoms with Crippen LogP contribution in [0.2, 0.25) is 13.1 Å². The molecule has 4 heteroatoms. The third-order valence-electron chi connectivity index (χ3n) is 11.8. The molecule has 0 saturated heterocycles. The van der Waals surface area contributed by atoms with Crippen molar-refractivity contribution in [3.63, 3.8) is 0 Å². The van der Waals surface area contributed by atoms with Crippen molar-refractivity contribution in [2.75, 3.05) is 0 Å². The molecule has 0 radical (unpaired) electrons. The predicted molar refractivity (Wildman–Crippen MR) is 231 cm³/mol. The summed E-state index contributed by atoms with van der Waals surface area (Å²) in [6.45, 7) is 5.08. The van der Waals surface area contributed by atoms with Crippen LogP contribution >= 0.6 is 0 Å². The molecule has 0 fully saturated rings. The summed E-state index contributed by atoms with van der Waals surface area (Å²) in [6.07, 6.45) is 0. The van der Waals surface area contributed by atoms with Gasteiger partial charge in [0.1, 0.15) is 0 Å². The molecular weight excluding hydrogens is 671 g/mol. The molecule has 10 aromatic rings. The maximum absolute atomic E-state index is 5.60. The van der Waals surface area contributed by atoms with Gasteiger partial charge in [0.05, 0.1) is 0 Å². The number of para-hydroxylation sites is 1. The molecule has 11 rings (SSSR count). The van der Waals surface area contributed by atoms with Gasteiger partial charge in [-0.1, -0.05) is 36.4 Å². The fourth-order valence-corrected chi connectivity index (χ4v) is 13.3. The molecule has 1 aliphatic heterocycles. The van der Waals surface area contributed by atoms with Gasteiger partial charge in [-0.15, -0.1) is 0 Å². The summed E-state index contributed by atoms with van der Waals surface area (Å²) in [5, 5.41) is 9.15. The van der Waals surface area contributed by atoms with Gasteiger partial charge < -0.3 is 0 Å². The van der Waals surface area contributed by atoms with Crippen LogP contribution in [0.3, 0.4) is 0 Å². The second-order valence-electron chi connectivity index (χ2n) is 15.4. The van der Waals surface area contributed by atoms with Crippen LogP contribution in [0.25, 0.3) is 94.1 Å². The molecule has 2 aromatic heterocycles. The van der Waals surface area contributed by atoms with E-state index in [0.717, 1.165) is 44.3 Å². The van der Waals surface area contributed by atoms with Crippen molar-refractivity contribution in [1.82, 2.24) is 14.5 Å². The Balaban J connectivity index is 1.24. The van der Waals surface area contributed by atoms with Crippen LogP contribution in [0.5, 0.6) is 0 Å². The van der Waals surface area contributed by atoms with Crippen LogP contribution in [0, 0.1) is 0 Å². The van der Waals surface area contributed by atoms with Gasteiger partial charge in [0.25, 0.3) is 0 Å². The first-order valence-electron chi connectivity index (χ1n) is 18.9. The first-order chi connectivity index (χ1) is 26.5. The molecule has 8 aromatic carbocycles. The molecular formula is C50H36N3Si-.